The zero-order valence-corrected chi connectivity index (χ0v) is 19.8. The number of hydrogen-bond donors (Lipinski definition) is 1. The van der Waals surface area contributed by atoms with E-state index in [-0.39, 0.29) is 5.91 Å². The highest BCUT2D eigenvalue weighted by Crippen LogP contribution is 2.42. The number of ether oxygens (including phenoxy) is 1. The van der Waals surface area contributed by atoms with Crippen LogP contribution in [0, 0.1) is 0 Å². The van der Waals surface area contributed by atoms with Crippen molar-refractivity contribution in [2.75, 3.05) is 26.0 Å². The smallest absolute Gasteiger partial charge is 0.232 e. The Kier molecular flexibility index (Phi) is 6.28. The molecule has 0 atom stereocenters. The number of likely N-dealkylation sites (N-methyl/N-ethyl adjacent to an activating group) is 1. The number of H-pyrrole nitrogens is 1. The highest BCUT2D eigenvalue weighted by molar-refractivity contribution is 7.99. The Morgan fingerprint density at radius 3 is 2.79 bits per heavy atom. The molecule has 1 saturated carbocycles. The van der Waals surface area contributed by atoms with Gasteiger partial charge in [-0.2, -0.15) is 0 Å². The Morgan fingerprint density at radius 2 is 2.00 bits per heavy atom. The lowest BCUT2D eigenvalue weighted by atomic mass is 10.1. The number of carbonyl (C=O) groups excluding carboxylic acids is 1. The molecule has 0 unspecified atom stereocenters. The van der Waals surface area contributed by atoms with Gasteiger partial charge < -0.3 is 14.6 Å². The topological polar surface area (TPSA) is 76.0 Å². The standard InChI is InChI=1S/C24H24ClN5O2S/c1-29(12-13-32-18-10-6-16(25)7-11-18)22(31)15-33-24-28-27-23(30(24)17-8-9-17)20-14-26-21-5-3-2-4-19(20)21/h2-7,10-11,14,17,26H,8-9,12-13,15H2,1H3. The summed E-state index contributed by atoms with van der Waals surface area (Å²) in [4.78, 5) is 17.7. The quantitative estimate of drug-likeness (QED) is 0.339. The molecule has 9 heteroatoms. The van der Waals surface area contributed by atoms with Gasteiger partial charge in [-0.3, -0.25) is 9.36 Å². The molecule has 0 bridgehead atoms. The Bertz CT molecular complexity index is 1270. The molecule has 5 rings (SSSR count). The summed E-state index contributed by atoms with van der Waals surface area (Å²) in [6.45, 7) is 0.912. The number of para-hydroxylation sites is 1. The normalized spacial score (nSPS) is 13.4. The van der Waals surface area contributed by atoms with Crippen molar-refractivity contribution in [2.45, 2.75) is 24.0 Å². The van der Waals surface area contributed by atoms with Crippen LogP contribution in [0.4, 0.5) is 0 Å². The van der Waals surface area contributed by atoms with Crippen LogP contribution in [0.5, 0.6) is 5.75 Å². The molecule has 0 saturated heterocycles. The highest BCUT2D eigenvalue weighted by atomic mass is 35.5. The van der Waals surface area contributed by atoms with Crippen LogP contribution in [-0.4, -0.2) is 56.5 Å². The number of halogens is 1. The van der Waals surface area contributed by atoms with Crippen molar-refractivity contribution in [1.82, 2.24) is 24.6 Å². The van der Waals surface area contributed by atoms with Crippen LogP contribution in [0.2, 0.25) is 5.02 Å². The van der Waals surface area contributed by atoms with Gasteiger partial charge in [0.1, 0.15) is 12.4 Å². The van der Waals surface area contributed by atoms with E-state index < -0.39 is 0 Å². The summed E-state index contributed by atoms with van der Waals surface area (Å²) in [5, 5.41) is 11.5. The Morgan fingerprint density at radius 1 is 1.21 bits per heavy atom. The van der Waals surface area contributed by atoms with E-state index >= 15 is 0 Å². The molecular weight excluding hydrogens is 458 g/mol. The number of thioether (sulfide) groups is 1. The molecule has 1 aliphatic rings. The summed E-state index contributed by atoms with van der Waals surface area (Å²) in [6, 6.07) is 15.8. The largest absolute Gasteiger partial charge is 0.492 e. The van der Waals surface area contributed by atoms with Crippen molar-refractivity contribution in [1.29, 1.82) is 0 Å². The number of aromatic nitrogens is 4. The van der Waals surface area contributed by atoms with Crippen LogP contribution < -0.4 is 4.74 Å². The van der Waals surface area contributed by atoms with Gasteiger partial charge in [-0.15, -0.1) is 10.2 Å². The zero-order valence-electron chi connectivity index (χ0n) is 18.2. The van der Waals surface area contributed by atoms with Crippen molar-refractivity contribution in [2.24, 2.45) is 0 Å². The number of nitrogens with one attached hydrogen (secondary N) is 1. The van der Waals surface area contributed by atoms with E-state index in [1.807, 2.05) is 30.5 Å². The highest BCUT2D eigenvalue weighted by Gasteiger charge is 2.31. The third kappa shape index (κ3) is 4.86. The maximum Gasteiger partial charge on any atom is 0.232 e. The summed E-state index contributed by atoms with van der Waals surface area (Å²) in [7, 11) is 1.79. The van der Waals surface area contributed by atoms with E-state index in [2.05, 4.69) is 31.9 Å². The maximum atomic E-state index is 12.7. The third-order valence-electron chi connectivity index (χ3n) is 5.67. The van der Waals surface area contributed by atoms with Crippen molar-refractivity contribution in [3.05, 3.63) is 59.8 Å². The number of hydrogen-bond acceptors (Lipinski definition) is 5. The number of amides is 1. The lowest BCUT2D eigenvalue weighted by Gasteiger charge is -2.17. The van der Waals surface area contributed by atoms with E-state index in [4.69, 9.17) is 16.3 Å². The van der Waals surface area contributed by atoms with Crippen LogP contribution >= 0.6 is 23.4 Å². The monoisotopic (exact) mass is 481 g/mol. The van der Waals surface area contributed by atoms with Crippen LogP contribution in [0.1, 0.15) is 18.9 Å². The molecule has 1 aliphatic carbocycles. The van der Waals surface area contributed by atoms with Gasteiger partial charge in [0.15, 0.2) is 11.0 Å². The van der Waals surface area contributed by atoms with E-state index in [1.54, 1.807) is 24.1 Å². The average molecular weight is 482 g/mol. The summed E-state index contributed by atoms with van der Waals surface area (Å²) in [5.41, 5.74) is 2.12. The maximum absolute atomic E-state index is 12.7. The Labute approximate surface area is 201 Å². The molecular formula is C24H24ClN5O2S. The molecule has 0 spiro atoms. The van der Waals surface area contributed by atoms with Crippen molar-refractivity contribution in [3.63, 3.8) is 0 Å². The number of benzene rings is 2. The number of rotatable bonds is 9. The van der Waals surface area contributed by atoms with Crippen molar-refractivity contribution in [3.8, 4) is 17.1 Å². The van der Waals surface area contributed by atoms with Gasteiger partial charge in [0.05, 0.1) is 12.3 Å². The molecule has 1 N–H and O–H groups in total. The number of aromatic amines is 1. The molecule has 0 radical (unpaired) electrons. The number of nitrogens with zero attached hydrogens (tertiary/aromatic N) is 4. The van der Waals surface area contributed by atoms with Gasteiger partial charge in [0.25, 0.3) is 0 Å². The first kappa shape index (κ1) is 21.9. The van der Waals surface area contributed by atoms with E-state index in [0.29, 0.717) is 30.0 Å². The lowest BCUT2D eigenvalue weighted by molar-refractivity contribution is -0.127. The van der Waals surface area contributed by atoms with Gasteiger partial charge in [-0.05, 0) is 43.2 Å². The molecule has 4 aromatic rings. The SMILES string of the molecule is CN(CCOc1ccc(Cl)cc1)C(=O)CSc1nnc(-c2c[nH]c3ccccc23)n1C1CC1. The molecule has 2 heterocycles. The fraction of sp³-hybridized carbons (Fsp3) is 0.292. The second kappa shape index (κ2) is 9.49. The Hall–Kier alpha value is -2.97. The van der Waals surface area contributed by atoms with Gasteiger partial charge >= 0.3 is 0 Å². The van der Waals surface area contributed by atoms with Crippen LogP contribution in [0.15, 0.2) is 59.9 Å². The minimum Gasteiger partial charge on any atom is -0.492 e. The molecule has 170 valence electrons. The van der Waals surface area contributed by atoms with Gasteiger partial charge in [-0.25, -0.2) is 0 Å². The second-order valence-electron chi connectivity index (χ2n) is 8.06. The fourth-order valence-corrected chi connectivity index (χ4v) is 4.74. The molecule has 2 aromatic heterocycles. The predicted molar refractivity (Wildman–Crippen MR) is 131 cm³/mol. The van der Waals surface area contributed by atoms with Crippen molar-refractivity contribution >= 4 is 40.2 Å². The molecule has 1 fully saturated rings. The minimum atomic E-state index is 0.0266. The van der Waals surface area contributed by atoms with Crippen LogP contribution in [0.25, 0.3) is 22.3 Å². The number of carbonyl (C=O) groups is 1. The van der Waals surface area contributed by atoms with E-state index in [9.17, 15) is 4.79 Å². The fourth-order valence-electron chi connectivity index (χ4n) is 3.67. The molecule has 2 aromatic carbocycles. The third-order valence-corrected chi connectivity index (χ3v) is 6.85. The average Bonchev–Trinajstić information content (AvgIpc) is 3.44. The van der Waals surface area contributed by atoms with Crippen LogP contribution in [0.3, 0.4) is 0 Å². The molecule has 1 amide bonds. The summed E-state index contributed by atoms with van der Waals surface area (Å²) >= 11 is 7.33. The first-order chi connectivity index (χ1) is 16.1. The minimum absolute atomic E-state index is 0.0266. The molecule has 33 heavy (non-hydrogen) atoms. The van der Waals surface area contributed by atoms with E-state index in [1.165, 1.54) is 11.8 Å². The van der Waals surface area contributed by atoms with Gasteiger partial charge in [-0.1, -0.05) is 41.6 Å². The molecule has 0 aliphatic heterocycles. The summed E-state index contributed by atoms with van der Waals surface area (Å²) in [5.74, 6) is 1.92. The zero-order chi connectivity index (χ0) is 22.8. The first-order valence-corrected chi connectivity index (χ1v) is 12.2. The van der Waals surface area contributed by atoms with Crippen molar-refractivity contribution < 1.29 is 9.53 Å². The lowest BCUT2D eigenvalue weighted by Crippen LogP contribution is -2.32. The first-order valence-electron chi connectivity index (χ1n) is 10.9. The molecule has 7 nitrogen and oxygen atoms in total. The van der Waals surface area contributed by atoms with Crippen LogP contribution in [-0.2, 0) is 4.79 Å². The summed E-state index contributed by atoms with van der Waals surface area (Å²) < 4.78 is 7.89. The Balaban J connectivity index is 1.22. The number of fused-ring (bicyclic) bond motifs is 1. The van der Waals surface area contributed by atoms with E-state index in [0.717, 1.165) is 46.0 Å². The second-order valence-corrected chi connectivity index (χ2v) is 9.44. The van der Waals surface area contributed by atoms with Gasteiger partial charge in [0, 0.05) is 40.8 Å². The predicted octanol–water partition coefficient (Wildman–Crippen LogP) is 5.04. The van der Waals surface area contributed by atoms with Gasteiger partial charge in [0.2, 0.25) is 5.91 Å². The summed E-state index contributed by atoms with van der Waals surface area (Å²) in [6.07, 6.45) is 4.20.